The Kier molecular flexibility index (Phi) is 9.63. The second-order valence-electron chi connectivity index (χ2n) is 20.4. The summed E-state index contributed by atoms with van der Waals surface area (Å²) in [5.74, 6) is 3.19. The summed E-state index contributed by atoms with van der Waals surface area (Å²) < 4.78 is 26.5. The first-order valence-corrected chi connectivity index (χ1v) is 21.4. The molecule has 0 aromatic rings. The van der Waals surface area contributed by atoms with Crippen molar-refractivity contribution < 1.29 is 28.5 Å². The molecule has 0 radical (unpaired) electrons. The van der Waals surface area contributed by atoms with Crippen LogP contribution in [0.25, 0.3) is 0 Å². The Labute approximate surface area is 308 Å². The van der Waals surface area contributed by atoms with E-state index in [0.717, 1.165) is 38.3 Å². The van der Waals surface area contributed by atoms with E-state index in [-0.39, 0.29) is 60.0 Å². The molecule has 6 aliphatic carbocycles. The van der Waals surface area contributed by atoms with Crippen molar-refractivity contribution in [3.63, 3.8) is 0 Å². The molecule has 0 aromatic carbocycles. The van der Waals surface area contributed by atoms with E-state index in [2.05, 4.69) is 34.6 Å². The lowest BCUT2D eigenvalue weighted by Gasteiger charge is -2.63. The number of carbonyl (C=O) groups is 2. The van der Waals surface area contributed by atoms with Crippen LogP contribution in [-0.4, -0.2) is 85.3 Å². The highest BCUT2D eigenvalue weighted by atomic mass is 16.7. The van der Waals surface area contributed by atoms with Crippen LogP contribution in [0, 0.1) is 57.2 Å². The second-order valence-corrected chi connectivity index (χ2v) is 20.4. The van der Waals surface area contributed by atoms with Crippen LogP contribution >= 0.6 is 0 Å². The molecule has 3 heterocycles. The number of carbonyl (C=O) groups excluding carboxylic acids is 2. The molecule has 0 aromatic heterocycles. The minimum atomic E-state index is -0.328. The first-order valence-electron chi connectivity index (χ1n) is 21.4. The number of nitrogens with zero attached hydrogens (tertiary/aromatic N) is 2. The zero-order valence-corrected chi connectivity index (χ0v) is 33.1. The molecule has 10 unspecified atom stereocenters. The molecular weight excluding hydrogens is 640 g/mol. The first kappa shape index (κ1) is 36.6. The van der Waals surface area contributed by atoms with Crippen LogP contribution in [0.4, 0.5) is 4.79 Å². The van der Waals surface area contributed by atoms with Crippen LogP contribution in [0.5, 0.6) is 0 Å². The van der Waals surface area contributed by atoms with E-state index in [1.165, 1.54) is 70.6 Å². The van der Waals surface area contributed by atoms with Gasteiger partial charge < -0.3 is 28.7 Å². The third-order valence-corrected chi connectivity index (χ3v) is 16.7. The van der Waals surface area contributed by atoms with E-state index >= 15 is 0 Å². The Balaban J connectivity index is 0.981. The first-order chi connectivity index (χ1) is 24.3. The monoisotopic (exact) mass is 711 g/mol. The summed E-state index contributed by atoms with van der Waals surface area (Å²) in [6, 6.07) is 0. The van der Waals surface area contributed by atoms with Crippen molar-refractivity contribution in [3.05, 3.63) is 0 Å². The Bertz CT molecular complexity index is 1300. The zero-order chi connectivity index (χ0) is 35.9. The van der Waals surface area contributed by atoms with Crippen LogP contribution in [0.15, 0.2) is 0 Å². The maximum atomic E-state index is 12.9. The molecule has 3 aliphatic heterocycles. The highest BCUT2D eigenvalue weighted by Crippen LogP contribution is 2.77. The number of ether oxygens (including phenoxy) is 4. The highest BCUT2D eigenvalue weighted by molar-refractivity contribution is 5.78. The molecule has 9 fully saturated rings. The van der Waals surface area contributed by atoms with Crippen molar-refractivity contribution in [3.8, 4) is 0 Å². The van der Waals surface area contributed by atoms with E-state index in [9.17, 15) is 9.59 Å². The average Bonchev–Trinajstić information content (AvgIpc) is 3.16. The topological polar surface area (TPSA) is 77.5 Å². The Morgan fingerprint density at radius 1 is 0.784 bits per heavy atom. The number of likely N-dealkylation sites (tertiary alicyclic amines) is 1. The molecule has 9 aliphatic rings. The molecular formula is C43H70N2O6. The summed E-state index contributed by atoms with van der Waals surface area (Å²) in [5, 5.41) is 0. The fraction of sp³-hybridized carbons (Fsp3) is 0.953. The van der Waals surface area contributed by atoms with E-state index < -0.39 is 0 Å². The van der Waals surface area contributed by atoms with Crippen LogP contribution in [0.1, 0.15) is 138 Å². The maximum absolute atomic E-state index is 12.9. The molecule has 2 amide bonds. The molecule has 10 atom stereocenters. The minimum Gasteiger partial charge on any atom is -0.443 e. The van der Waals surface area contributed by atoms with Crippen LogP contribution < -0.4 is 0 Å². The molecule has 6 saturated carbocycles. The van der Waals surface area contributed by atoms with Crippen molar-refractivity contribution in [2.75, 3.05) is 32.8 Å². The summed E-state index contributed by atoms with van der Waals surface area (Å²) in [7, 11) is 0. The summed E-state index contributed by atoms with van der Waals surface area (Å²) in [6.07, 6.45) is 17.5. The Morgan fingerprint density at radius 3 is 2.24 bits per heavy atom. The number of rotatable bonds is 6. The molecule has 0 N–H and O–H groups in total. The van der Waals surface area contributed by atoms with Gasteiger partial charge in [0.25, 0.3) is 0 Å². The summed E-state index contributed by atoms with van der Waals surface area (Å²) >= 11 is 0. The van der Waals surface area contributed by atoms with Gasteiger partial charge in [0.15, 0.2) is 6.29 Å². The number of hydrogen-bond donors (Lipinski definition) is 0. The molecule has 8 heteroatoms. The van der Waals surface area contributed by atoms with Gasteiger partial charge in [-0.2, -0.15) is 0 Å². The number of morpholine rings is 1. The van der Waals surface area contributed by atoms with Crippen LogP contribution in [0.2, 0.25) is 0 Å². The van der Waals surface area contributed by atoms with Crippen molar-refractivity contribution in [1.82, 2.24) is 9.80 Å². The normalized spacial score (nSPS) is 45.1. The quantitative estimate of drug-likeness (QED) is 0.275. The van der Waals surface area contributed by atoms with E-state index in [4.69, 9.17) is 18.9 Å². The fourth-order valence-corrected chi connectivity index (χ4v) is 14.3. The number of hydrogen-bond acceptors (Lipinski definition) is 6. The van der Waals surface area contributed by atoms with Gasteiger partial charge in [0.05, 0.1) is 31.5 Å². The number of fused-ring (bicyclic) bond motifs is 4. The van der Waals surface area contributed by atoms with Gasteiger partial charge in [-0.25, -0.2) is 4.79 Å². The van der Waals surface area contributed by atoms with Crippen LogP contribution in [-0.2, 0) is 23.7 Å². The summed E-state index contributed by atoms with van der Waals surface area (Å²) in [4.78, 5) is 29.6. The smallest absolute Gasteiger partial charge is 0.410 e. The molecule has 288 valence electrons. The predicted molar refractivity (Wildman–Crippen MR) is 197 cm³/mol. The molecule has 2 bridgehead atoms. The lowest BCUT2D eigenvalue weighted by molar-refractivity contribution is -0.233. The zero-order valence-electron chi connectivity index (χ0n) is 33.1. The van der Waals surface area contributed by atoms with E-state index in [1.807, 2.05) is 23.6 Å². The largest absolute Gasteiger partial charge is 0.443 e. The van der Waals surface area contributed by atoms with Crippen molar-refractivity contribution in [2.45, 2.75) is 169 Å². The third kappa shape index (κ3) is 6.10. The molecule has 51 heavy (non-hydrogen) atoms. The van der Waals surface area contributed by atoms with Crippen molar-refractivity contribution in [1.29, 1.82) is 0 Å². The van der Waals surface area contributed by atoms with Gasteiger partial charge in [-0.1, -0.05) is 61.3 Å². The molecule has 3 saturated heterocycles. The molecule has 9 rings (SSSR count). The highest BCUT2D eigenvalue weighted by Gasteiger charge is 2.70. The number of amides is 2. The lowest BCUT2D eigenvalue weighted by atomic mass is 9.42. The second kappa shape index (κ2) is 13.4. The lowest BCUT2D eigenvalue weighted by Crippen LogP contribution is -2.56. The third-order valence-electron chi connectivity index (χ3n) is 16.7. The van der Waals surface area contributed by atoms with Crippen molar-refractivity contribution >= 4 is 12.0 Å². The van der Waals surface area contributed by atoms with Gasteiger partial charge in [-0.05, 0) is 128 Å². The predicted octanol–water partition coefficient (Wildman–Crippen LogP) is 8.46. The molecule has 8 nitrogen and oxygen atoms in total. The standard InChI is InChI=1S/C43H70N2O6/c1-27(2)37(51-39(47)44-19-10-20-44)32-14-12-30-33(49-32)23-31-29-13-15-34-40(5,6)35(50-36-24-45(21-22-48-36)38(46)28(3)4)11-8-17-43(34)25-42(29,26-43)18-9-16-41(30,31)7/h27-37H,8-26H2,1-7H3. The van der Waals surface area contributed by atoms with E-state index in [1.54, 1.807) is 0 Å². The molecule has 2 spiro atoms. The van der Waals surface area contributed by atoms with E-state index in [0.29, 0.717) is 53.7 Å². The van der Waals surface area contributed by atoms with Gasteiger partial charge in [0.2, 0.25) is 5.91 Å². The average molecular weight is 711 g/mol. The van der Waals surface area contributed by atoms with Crippen molar-refractivity contribution in [2.24, 2.45) is 57.2 Å². The van der Waals surface area contributed by atoms with Gasteiger partial charge in [0.1, 0.15) is 6.10 Å². The minimum absolute atomic E-state index is 0.00197. The van der Waals surface area contributed by atoms with Gasteiger partial charge in [-0.15, -0.1) is 0 Å². The van der Waals surface area contributed by atoms with Gasteiger partial charge >= 0.3 is 6.09 Å². The Morgan fingerprint density at radius 2 is 1.53 bits per heavy atom. The maximum Gasteiger partial charge on any atom is 0.410 e. The summed E-state index contributed by atoms with van der Waals surface area (Å²) in [6.45, 7) is 19.5. The van der Waals surface area contributed by atoms with Crippen LogP contribution in [0.3, 0.4) is 0 Å². The van der Waals surface area contributed by atoms with Gasteiger partial charge in [-0.3, -0.25) is 4.79 Å². The Hall–Kier alpha value is -1.38. The fourth-order valence-electron chi connectivity index (χ4n) is 14.3. The SMILES string of the molecule is CC(C)C(=O)N1CCOC(OC2CCCC34CC5(CCCC6(C)C7CCC(C(OC(=O)N8CCC8)C(C)C)OC7CC6C5CCC3C2(C)C)C4)C1. The summed E-state index contributed by atoms with van der Waals surface area (Å²) in [5.41, 5.74) is 1.30. The van der Waals surface area contributed by atoms with Gasteiger partial charge in [0, 0.05) is 25.6 Å².